The van der Waals surface area contributed by atoms with Gasteiger partial charge in [0, 0.05) is 8.59 Å². The van der Waals surface area contributed by atoms with Gasteiger partial charge in [0.25, 0.3) is 0 Å². The van der Waals surface area contributed by atoms with Gasteiger partial charge < -0.3 is 4.74 Å². The molecule has 0 heterocycles. The first kappa shape index (κ1) is 11.7. The predicted molar refractivity (Wildman–Crippen MR) is 70.6 cm³/mol. The molecule has 0 aliphatic rings. The fourth-order valence-corrected chi connectivity index (χ4v) is 1.77. The minimum atomic E-state index is -0.373. The maximum atomic E-state index is 13.5. The maximum absolute atomic E-state index is 13.5. The highest BCUT2D eigenvalue weighted by atomic mass is 127. The molecule has 0 spiro atoms. The van der Waals surface area contributed by atoms with E-state index in [1.54, 1.807) is 36.4 Å². The summed E-state index contributed by atoms with van der Waals surface area (Å²) >= 11 is 7.78. The molecule has 2 aromatic carbocycles. The number of benzene rings is 2. The lowest BCUT2D eigenvalue weighted by Crippen LogP contribution is -1.88. The molecule has 16 heavy (non-hydrogen) atoms. The second-order valence-corrected chi connectivity index (χ2v) is 4.81. The Bertz CT molecular complexity index is 499. The van der Waals surface area contributed by atoms with Gasteiger partial charge in [0.1, 0.15) is 5.75 Å². The van der Waals surface area contributed by atoms with Gasteiger partial charge in [-0.05, 0) is 65.1 Å². The van der Waals surface area contributed by atoms with Crippen LogP contribution in [0.5, 0.6) is 11.5 Å². The SMILES string of the molecule is Fc1cc(I)ccc1Oc1ccc(Cl)cc1. The molecule has 0 saturated heterocycles. The molecule has 0 aliphatic heterocycles. The second kappa shape index (κ2) is 5.01. The largest absolute Gasteiger partial charge is 0.454 e. The zero-order valence-electron chi connectivity index (χ0n) is 8.08. The van der Waals surface area contributed by atoms with Crippen molar-refractivity contribution in [3.63, 3.8) is 0 Å². The lowest BCUT2D eigenvalue weighted by molar-refractivity contribution is 0.442. The van der Waals surface area contributed by atoms with E-state index in [0.29, 0.717) is 10.8 Å². The van der Waals surface area contributed by atoms with Crippen LogP contribution in [0.15, 0.2) is 42.5 Å². The highest BCUT2D eigenvalue weighted by Crippen LogP contribution is 2.26. The Kier molecular flexibility index (Phi) is 3.66. The molecule has 82 valence electrons. The van der Waals surface area contributed by atoms with Gasteiger partial charge in [-0.25, -0.2) is 4.39 Å². The van der Waals surface area contributed by atoms with Crippen molar-refractivity contribution in [3.05, 3.63) is 56.9 Å². The monoisotopic (exact) mass is 348 g/mol. The van der Waals surface area contributed by atoms with Gasteiger partial charge in [-0.1, -0.05) is 11.6 Å². The molecule has 0 fully saturated rings. The molecule has 0 radical (unpaired) electrons. The molecule has 0 bridgehead atoms. The fraction of sp³-hybridized carbons (Fsp3) is 0. The van der Waals surface area contributed by atoms with Crippen molar-refractivity contribution in [3.8, 4) is 11.5 Å². The minimum absolute atomic E-state index is 0.211. The summed E-state index contributed by atoms with van der Waals surface area (Å²) in [6.45, 7) is 0. The molecule has 0 saturated carbocycles. The fourth-order valence-electron chi connectivity index (χ4n) is 1.19. The third-order valence-electron chi connectivity index (χ3n) is 1.94. The Labute approximate surface area is 111 Å². The summed E-state index contributed by atoms with van der Waals surface area (Å²) in [6.07, 6.45) is 0. The van der Waals surface area contributed by atoms with Crippen molar-refractivity contribution in [1.82, 2.24) is 0 Å². The van der Waals surface area contributed by atoms with Crippen LogP contribution in [0.25, 0.3) is 0 Å². The van der Waals surface area contributed by atoms with Crippen LogP contribution < -0.4 is 4.74 Å². The van der Waals surface area contributed by atoms with E-state index >= 15 is 0 Å². The second-order valence-electron chi connectivity index (χ2n) is 3.13. The van der Waals surface area contributed by atoms with Crippen LogP contribution in [0.4, 0.5) is 4.39 Å². The first-order valence-electron chi connectivity index (χ1n) is 4.53. The van der Waals surface area contributed by atoms with E-state index in [1.807, 2.05) is 22.6 Å². The molecule has 0 N–H and O–H groups in total. The van der Waals surface area contributed by atoms with Crippen LogP contribution >= 0.6 is 34.2 Å². The standard InChI is InChI=1S/C12H7ClFIO/c13-8-1-4-10(5-2-8)16-12-6-3-9(15)7-11(12)14/h1-7H. The van der Waals surface area contributed by atoms with Gasteiger partial charge in [0.15, 0.2) is 11.6 Å². The first-order chi connectivity index (χ1) is 7.65. The highest BCUT2D eigenvalue weighted by Gasteiger charge is 2.04. The van der Waals surface area contributed by atoms with Crippen molar-refractivity contribution in [1.29, 1.82) is 0 Å². The van der Waals surface area contributed by atoms with E-state index in [9.17, 15) is 4.39 Å². The maximum Gasteiger partial charge on any atom is 0.166 e. The Morgan fingerprint density at radius 1 is 1.06 bits per heavy atom. The Balaban J connectivity index is 2.23. The van der Waals surface area contributed by atoms with Gasteiger partial charge in [-0.15, -0.1) is 0 Å². The first-order valence-corrected chi connectivity index (χ1v) is 5.99. The smallest absolute Gasteiger partial charge is 0.166 e. The number of ether oxygens (including phenoxy) is 1. The van der Waals surface area contributed by atoms with E-state index in [1.165, 1.54) is 6.07 Å². The van der Waals surface area contributed by atoms with Crippen LogP contribution in [0.3, 0.4) is 0 Å². The predicted octanol–water partition coefficient (Wildman–Crippen LogP) is 4.88. The zero-order valence-corrected chi connectivity index (χ0v) is 11.0. The molecule has 1 nitrogen and oxygen atoms in total. The van der Waals surface area contributed by atoms with Crippen LogP contribution in [-0.2, 0) is 0 Å². The third-order valence-corrected chi connectivity index (χ3v) is 2.86. The topological polar surface area (TPSA) is 9.23 Å². The molecule has 2 rings (SSSR count). The van der Waals surface area contributed by atoms with Crippen molar-refractivity contribution >= 4 is 34.2 Å². The van der Waals surface area contributed by atoms with Gasteiger partial charge in [0.05, 0.1) is 0 Å². The highest BCUT2D eigenvalue weighted by molar-refractivity contribution is 14.1. The molecule has 0 aliphatic carbocycles. The Morgan fingerprint density at radius 2 is 1.75 bits per heavy atom. The molecule has 0 unspecified atom stereocenters. The lowest BCUT2D eigenvalue weighted by atomic mass is 10.3. The average Bonchev–Trinajstić information content (AvgIpc) is 2.25. The Morgan fingerprint density at radius 3 is 2.38 bits per heavy atom. The Hall–Kier alpha value is -0.810. The van der Waals surface area contributed by atoms with Gasteiger partial charge >= 0.3 is 0 Å². The molecule has 2 aromatic rings. The summed E-state index contributed by atoms with van der Waals surface area (Å²) < 4.78 is 19.7. The van der Waals surface area contributed by atoms with E-state index < -0.39 is 0 Å². The molecule has 4 heteroatoms. The zero-order chi connectivity index (χ0) is 11.5. The lowest BCUT2D eigenvalue weighted by Gasteiger charge is -2.06. The van der Waals surface area contributed by atoms with E-state index in [-0.39, 0.29) is 11.6 Å². The van der Waals surface area contributed by atoms with Crippen LogP contribution in [0.2, 0.25) is 5.02 Å². The summed E-state index contributed by atoms with van der Waals surface area (Å²) in [5.41, 5.74) is 0. The van der Waals surface area contributed by atoms with E-state index in [4.69, 9.17) is 16.3 Å². The van der Waals surface area contributed by atoms with Crippen molar-refractivity contribution in [2.45, 2.75) is 0 Å². The summed E-state index contributed by atoms with van der Waals surface area (Å²) in [5.74, 6) is 0.397. The number of halogens is 3. The molecule has 0 atom stereocenters. The average molecular weight is 349 g/mol. The molecule has 0 amide bonds. The van der Waals surface area contributed by atoms with E-state index in [0.717, 1.165) is 3.57 Å². The van der Waals surface area contributed by atoms with Crippen LogP contribution in [0, 0.1) is 9.39 Å². The van der Waals surface area contributed by atoms with Crippen molar-refractivity contribution in [2.24, 2.45) is 0 Å². The summed E-state index contributed by atoms with van der Waals surface area (Å²) in [7, 11) is 0. The van der Waals surface area contributed by atoms with Crippen LogP contribution in [0.1, 0.15) is 0 Å². The number of hydrogen-bond donors (Lipinski definition) is 0. The minimum Gasteiger partial charge on any atom is -0.454 e. The third kappa shape index (κ3) is 2.86. The summed E-state index contributed by atoms with van der Waals surface area (Å²) in [5, 5.41) is 0.621. The number of hydrogen-bond acceptors (Lipinski definition) is 1. The summed E-state index contributed by atoms with van der Waals surface area (Å²) in [4.78, 5) is 0. The molecule has 0 aromatic heterocycles. The van der Waals surface area contributed by atoms with Crippen molar-refractivity contribution < 1.29 is 9.13 Å². The quantitative estimate of drug-likeness (QED) is 0.703. The van der Waals surface area contributed by atoms with Crippen molar-refractivity contribution in [2.75, 3.05) is 0 Å². The molecular formula is C12H7ClFIO. The molecular weight excluding hydrogens is 341 g/mol. The van der Waals surface area contributed by atoms with Gasteiger partial charge in [-0.2, -0.15) is 0 Å². The van der Waals surface area contributed by atoms with Gasteiger partial charge in [-0.3, -0.25) is 0 Å². The van der Waals surface area contributed by atoms with E-state index in [2.05, 4.69) is 0 Å². The summed E-state index contributed by atoms with van der Waals surface area (Å²) in [6, 6.07) is 11.6. The van der Waals surface area contributed by atoms with Crippen LogP contribution in [-0.4, -0.2) is 0 Å². The van der Waals surface area contributed by atoms with Gasteiger partial charge in [0.2, 0.25) is 0 Å². The normalized spacial score (nSPS) is 10.2. The number of rotatable bonds is 2.